The van der Waals surface area contributed by atoms with Gasteiger partial charge < -0.3 is 11.1 Å². The second-order valence-electron chi connectivity index (χ2n) is 3.06. The fourth-order valence-corrected chi connectivity index (χ4v) is 1.05. The van der Waals surface area contributed by atoms with Crippen molar-refractivity contribution in [3.05, 3.63) is 29.6 Å². The number of nitrogens with two attached hydrogens (primary N) is 1. The van der Waals surface area contributed by atoms with Crippen LogP contribution in [-0.2, 0) is 0 Å². The molecule has 0 aliphatic carbocycles. The Bertz CT molecular complexity index is 423. The fourth-order valence-electron chi connectivity index (χ4n) is 1.05. The van der Waals surface area contributed by atoms with Crippen LogP contribution in [0.2, 0.25) is 0 Å². The first-order chi connectivity index (χ1) is 7.06. The van der Waals surface area contributed by atoms with E-state index in [4.69, 9.17) is 12.2 Å². The lowest BCUT2D eigenvalue weighted by Gasteiger charge is -2.09. The summed E-state index contributed by atoms with van der Waals surface area (Å²) in [6.07, 6.45) is 5.10. The summed E-state index contributed by atoms with van der Waals surface area (Å²) in [7, 11) is 0. The number of carbonyl (C=O) groups is 1. The lowest BCUT2D eigenvalue weighted by Crippen LogP contribution is -2.31. The summed E-state index contributed by atoms with van der Waals surface area (Å²) >= 11 is 0. The highest BCUT2D eigenvalue weighted by atomic mass is 19.1. The molecule has 1 atom stereocenters. The van der Waals surface area contributed by atoms with E-state index in [0.717, 1.165) is 0 Å². The Hall–Kier alpha value is -2.02. The molecule has 0 fully saturated rings. The molecule has 1 amide bonds. The molecule has 0 aromatic heterocycles. The molecule has 0 heterocycles. The number of rotatable bonds is 2. The summed E-state index contributed by atoms with van der Waals surface area (Å²) in [5.74, 6) is 1.24. The van der Waals surface area contributed by atoms with Gasteiger partial charge in [-0.1, -0.05) is 12.0 Å². The number of nitrogens with one attached hydrogen (secondary N) is 1. The number of carbonyl (C=O) groups excluding carboxylic acids is 1. The van der Waals surface area contributed by atoms with Gasteiger partial charge in [0, 0.05) is 0 Å². The summed E-state index contributed by atoms with van der Waals surface area (Å²) in [5, 5.41) is 2.49. The number of hydrogen-bond acceptors (Lipinski definition) is 2. The van der Waals surface area contributed by atoms with Gasteiger partial charge in [0.25, 0.3) is 5.91 Å². The lowest BCUT2D eigenvalue weighted by atomic mass is 10.1. The third-order valence-electron chi connectivity index (χ3n) is 1.90. The zero-order chi connectivity index (χ0) is 11.4. The van der Waals surface area contributed by atoms with Crippen molar-refractivity contribution >= 4 is 11.6 Å². The molecule has 0 spiro atoms. The molecule has 0 radical (unpaired) electrons. The highest BCUT2D eigenvalue weighted by molar-refractivity contribution is 5.99. The van der Waals surface area contributed by atoms with E-state index in [0.29, 0.717) is 0 Å². The predicted molar refractivity (Wildman–Crippen MR) is 56.6 cm³/mol. The van der Waals surface area contributed by atoms with E-state index >= 15 is 0 Å². The van der Waals surface area contributed by atoms with Crippen molar-refractivity contribution in [1.29, 1.82) is 0 Å². The Labute approximate surface area is 87.5 Å². The number of terminal acetylenes is 1. The van der Waals surface area contributed by atoms with Crippen LogP contribution in [-0.4, -0.2) is 11.9 Å². The van der Waals surface area contributed by atoms with Gasteiger partial charge in [0.15, 0.2) is 0 Å². The van der Waals surface area contributed by atoms with Crippen LogP contribution in [0, 0.1) is 18.2 Å². The van der Waals surface area contributed by atoms with E-state index in [-0.39, 0.29) is 11.3 Å². The van der Waals surface area contributed by atoms with E-state index in [1.165, 1.54) is 18.2 Å². The number of nitrogen functional groups attached to an aromatic ring is 1. The normalized spacial score (nSPS) is 11.5. The largest absolute Gasteiger partial charge is 0.396 e. The van der Waals surface area contributed by atoms with Crippen molar-refractivity contribution in [3.8, 4) is 12.3 Å². The van der Waals surface area contributed by atoms with E-state index < -0.39 is 17.8 Å². The summed E-state index contributed by atoms with van der Waals surface area (Å²) in [5.41, 5.74) is 5.34. The van der Waals surface area contributed by atoms with Crippen molar-refractivity contribution < 1.29 is 9.18 Å². The quantitative estimate of drug-likeness (QED) is 0.563. The van der Waals surface area contributed by atoms with Gasteiger partial charge >= 0.3 is 0 Å². The number of amides is 1. The van der Waals surface area contributed by atoms with Gasteiger partial charge in [-0.05, 0) is 19.1 Å². The number of halogens is 1. The third kappa shape index (κ3) is 2.47. The molecule has 3 nitrogen and oxygen atoms in total. The van der Waals surface area contributed by atoms with Gasteiger partial charge in [-0.2, -0.15) is 0 Å². The van der Waals surface area contributed by atoms with E-state index in [9.17, 15) is 9.18 Å². The molecule has 0 saturated heterocycles. The highest BCUT2D eigenvalue weighted by Crippen LogP contribution is 2.15. The molecule has 1 aromatic carbocycles. The first kappa shape index (κ1) is 11.1. The first-order valence-corrected chi connectivity index (χ1v) is 4.37. The molecule has 1 rings (SSSR count). The summed E-state index contributed by atoms with van der Waals surface area (Å²) < 4.78 is 13.0. The van der Waals surface area contributed by atoms with Crippen LogP contribution in [0.4, 0.5) is 10.1 Å². The average molecular weight is 206 g/mol. The smallest absolute Gasteiger partial charge is 0.254 e. The van der Waals surface area contributed by atoms with Crippen LogP contribution in [0.1, 0.15) is 17.3 Å². The maximum Gasteiger partial charge on any atom is 0.254 e. The van der Waals surface area contributed by atoms with Crippen LogP contribution in [0.5, 0.6) is 0 Å². The molecule has 1 aromatic rings. The topological polar surface area (TPSA) is 55.1 Å². The van der Waals surface area contributed by atoms with Crippen LogP contribution in [0.25, 0.3) is 0 Å². The van der Waals surface area contributed by atoms with Crippen LogP contribution in [0.15, 0.2) is 18.2 Å². The van der Waals surface area contributed by atoms with Gasteiger partial charge in [0.05, 0.1) is 17.3 Å². The van der Waals surface area contributed by atoms with Crippen molar-refractivity contribution in [3.63, 3.8) is 0 Å². The standard InChI is InChI=1S/C11H11FN2O/c1-3-7(2)14-11(15)8-5-4-6-9(12)10(8)13/h1,4-7H,13H2,2H3,(H,14,15). The number of anilines is 1. The molecule has 4 heteroatoms. The molecule has 0 bridgehead atoms. The van der Waals surface area contributed by atoms with Crippen molar-refractivity contribution in [2.45, 2.75) is 13.0 Å². The van der Waals surface area contributed by atoms with Crippen molar-refractivity contribution in [1.82, 2.24) is 5.32 Å². The van der Waals surface area contributed by atoms with E-state index in [2.05, 4.69) is 11.2 Å². The minimum atomic E-state index is -0.615. The average Bonchev–Trinajstić information content (AvgIpc) is 2.21. The summed E-state index contributed by atoms with van der Waals surface area (Å²) in [6, 6.07) is 3.63. The fraction of sp³-hybridized carbons (Fsp3) is 0.182. The predicted octanol–water partition coefficient (Wildman–Crippen LogP) is 1.16. The van der Waals surface area contributed by atoms with Gasteiger partial charge in [0.2, 0.25) is 0 Å². The SMILES string of the molecule is C#CC(C)NC(=O)c1cccc(F)c1N. The third-order valence-corrected chi connectivity index (χ3v) is 1.90. The molecule has 1 unspecified atom stereocenters. The molecule has 0 aliphatic rings. The van der Waals surface area contributed by atoms with Crippen LogP contribution >= 0.6 is 0 Å². The monoisotopic (exact) mass is 206 g/mol. The second-order valence-corrected chi connectivity index (χ2v) is 3.06. The Morgan fingerprint density at radius 3 is 2.93 bits per heavy atom. The Kier molecular flexibility index (Phi) is 3.29. The maximum absolute atomic E-state index is 13.0. The number of para-hydroxylation sites is 1. The highest BCUT2D eigenvalue weighted by Gasteiger charge is 2.13. The molecule has 0 aliphatic heterocycles. The lowest BCUT2D eigenvalue weighted by molar-refractivity contribution is 0.0948. The summed E-state index contributed by atoms with van der Waals surface area (Å²) in [4.78, 5) is 11.5. The Morgan fingerprint density at radius 1 is 1.67 bits per heavy atom. The number of benzene rings is 1. The zero-order valence-electron chi connectivity index (χ0n) is 8.25. The Morgan fingerprint density at radius 2 is 2.33 bits per heavy atom. The van der Waals surface area contributed by atoms with Crippen LogP contribution < -0.4 is 11.1 Å². The Balaban J connectivity index is 2.93. The maximum atomic E-state index is 13.0. The minimum Gasteiger partial charge on any atom is -0.396 e. The van der Waals surface area contributed by atoms with Crippen LogP contribution in [0.3, 0.4) is 0 Å². The van der Waals surface area contributed by atoms with Crippen molar-refractivity contribution in [2.24, 2.45) is 0 Å². The molecule has 15 heavy (non-hydrogen) atoms. The molecule has 78 valence electrons. The molecule has 3 N–H and O–H groups in total. The van der Waals surface area contributed by atoms with E-state index in [1.54, 1.807) is 6.92 Å². The van der Waals surface area contributed by atoms with Gasteiger partial charge in [-0.25, -0.2) is 4.39 Å². The molecule has 0 saturated carbocycles. The second kappa shape index (κ2) is 4.47. The first-order valence-electron chi connectivity index (χ1n) is 4.37. The van der Waals surface area contributed by atoms with E-state index in [1.807, 2.05) is 0 Å². The molecular formula is C11H11FN2O. The van der Waals surface area contributed by atoms with Gasteiger partial charge in [0.1, 0.15) is 5.82 Å². The molecular weight excluding hydrogens is 195 g/mol. The number of hydrogen-bond donors (Lipinski definition) is 2. The van der Waals surface area contributed by atoms with Gasteiger partial charge in [-0.15, -0.1) is 6.42 Å². The van der Waals surface area contributed by atoms with Crippen molar-refractivity contribution in [2.75, 3.05) is 5.73 Å². The zero-order valence-corrected chi connectivity index (χ0v) is 8.25. The minimum absolute atomic E-state index is 0.0945. The summed E-state index contributed by atoms with van der Waals surface area (Å²) in [6.45, 7) is 1.65. The van der Waals surface area contributed by atoms with Gasteiger partial charge in [-0.3, -0.25) is 4.79 Å².